The van der Waals surface area contributed by atoms with Gasteiger partial charge in [-0.05, 0) is 37.6 Å². The molecule has 17 heavy (non-hydrogen) atoms. The molecule has 1 rings (SSSR count). The third kappa shape index (κ3) is 4.00. The van der Waals surface area contributed by atoms with Gasteiger partial charge in [0.05, 0.1) is 5.38 Å². The fourth-order valence-electron chi connectivity index (χ4n) is 1.05. The van der Waals surface area contributed by atoms with Crippen molar-refractivity contribution < 1.29 is 15.0 Å². The van der Waals surface area contributed by atoms with Crippen LogP contribution in [0.4, 0.5) is 0 Å². The van der Waals surface area contributed by atoms with Gasteiger partial charge in [0.1, 0.15) is 0 Å². The van der Waals surface area contributed by atoms with Gasteiger partial charge in [-0.1, -0.05) is 18.5 Å². The van der Waals surface area contributed by atoms with E-state index < -0.39 is 16.9 Å². The van der Waals surface area contributed by atoms with Gasteiger partial charge in [0.15, 0.2) is 0 Å². The molecule has 0 amide bonds. The number of nitrogens with two attached hydrogens (primary N) is 1. The Morgan fingerprint density at radius 1 is 1.65 bits per heavy atom. The van der Waals surface area contributed by atoms with E-state index >= 15 is 0 Å². The number of aliphatic hydroxyl groups is 1. The van der Waals surface area contributed by atoms with Crippen LogP contribution in [-0.4, -0.2) is 33.7 Å². The lowest BCUT2D eigenvalue weighted by Gasteiger charge is -2.29. The number of carboxylic acids is 1. The monoisotopic (exact) mass is 281 g/mol. The van der Waals surface area contributed by atoms with Crippen molar-refractivity contribution in [2.24, 2.45) is 5.73 Å². The summed E-state index contributed by atoms with van der Waals surface area (Å²) in [7, 11) is 0. The molecule has 6 heteroatoms. The summed E-state index contributed by atoms with van der Waals surface area (Å²) in [4.78, 5) is 10.7. The van der Waals surface area contributed by atoms with Crippen LogP contribution in [0, 0.1) is 0 Å². The van der Waals surface area contributed by atoms with E-state index in [2.05, 4.69) is 6.92 Å². The second-order valence-corrected chi connectivity index (χ2v) is 4.49. The van der Waals surface area contributed by atoms with Gasteiger partial charge in [-0.15, -0.1) is 11.6 Å². The standard InChI is InChI=1S/C8H8Cl2O3.C3H9N/c1-4-5(9)2-3-8(13,6(4)10)7(11)12;1-2-3-4/h2-3,6,13H,1H3,(H,11,12);2-4H2,1H3. The molecule has 0 radical (unpaired) electrons. The first-order valence-electron chi connectivity index (χ1n) is 5.16. The highest BCUT2D eigenvalue weighted by Gasteiger charge is 2.44. The van der Waals surface area contributed by atoms with Crippen LogP contribution in [0.15, 0.2) is 22.8 Å². The van der Waals surface area contributed by atoms with Crippen LogP contribution >= 0.6 is 23.2 Å². The van der Waals surface area contributed by atoms with Gasteiger partial charge in [-0.3, -0.25) is 0 Å². The molecule has 0 aromatic rings. The molecule has 1 aliphatic rings. The van der Waals surface area contributed by atoms with Crippen LogP contribution in [0.25, 0.3) is 0 Å². The second kappa shape index (κ2) is 7.01. The Labute approximate surface area is 111 Å². The van der Waals surface area contributed by atoms with Crippen molar-refractivity contribution in [1.29, 1.82) is 0 Å². The lowest BCUT2D eigenvalue weighted by molar-refractivity contribution is -0.153. The van der Waals surface area contributed by atoms with Gasteiger partial charge in [0, 0.05) is 5.03 Å². The Hall–Kier alpha value is -0.550. The molecule has 1 aliphatic carbocycles. The number of hydrogen-bond acceptors (Lipinski definition) is 3. The van der Waals surface area contributed by atoms with Gasteiger partial charge >= 0.3 is 5.97 Å². The lowest BCUT2D eigenvalue weighted by atomic mass is 9.90. The van der Waals surface area contributed by atoms with Crippen molar-refractivity contribution in [3.05, 3.63) is 22.8 Å². The number of carbonyl (C=O) groups is 1. The molecular weight excluding hydrogens is 265 g/mol. The molecule has 4 N–H and O–H groups in total. The summed E-state index contributed by atoms with van der Waals surface area (Å²) < 4.78 is 0. The van der Waals surface area contributed by atoms with Crippen LogP contribution in [-0.2, 0) is 4.79 Å². The predicted octanol–water partition coefficient (Wildman–Crippen LogP) is 1.85. The van der Waals surface area contributed by atoms with Crippen molar-refractivity contribution in [3.63, 3.8) is 0 Å². The number of carboxylic acid groups (broad SMARTS) is 1. The first kappa shape index (κ1) is 16.4. The maximum absolute atomic E-state index is 10.7. The summed E-state index contributed by atoms with van der Waals surface area (Å²) in [5.41, 5.74) is 3.43. The van der Waals surface area contributed by atoms with Crippen molar-refractivity contribution in [2.75, 3.05) is 6.54 Å². The van der Waals surface area contributed by atoms with E-state index in [1.165, 1.54) is 6.08 Å². The SMILES string of the molecule is CC1=C(Cl)C=CC(O)(C(=O)O)C1Cl.CCCN. The Morgan fingerprint density at radius 2 is 2.12 bits per heavy atom. The van der Waals surface area contributed by atoms with E-state index in [4.69, 9.17) is 34.0 Å². The molecule has 4 nitrogen and oxygen atoms in total. The second-order valence-electron chi connectivity index (χ2n) is 3.65. The van der Waals surface area contributed by atoms with Crippen molar-refractivity contribution in [3.8, 4) is 0 Å². The zero-order valence-electron chi connectivity index (χ0n) is 9.78. The quantitative estimate of drug-likeness (QED) is 0.675. The summed E-state index contributed by atoms with van der Waals surface area (Å²) in [6.07, 6.45) is 3.52. The maximum Gasteiger partial charge on any atom is 0.341 e. The molecule has 0 spiro atoms. The van der Waals surface area contributed by atoms with E-state index in [1.54, 1.807) is 6.92 Å². The number of aliphatic carboxylic acids is 1. The van der Waals surface area contributed by atoms with Gasteiger partial charge in [-0.25, -0.2) is 4.79 Å². The summed E-state index contributed by atoms with van der Waals surface area (Å²) in [6, 6.07) is 0. The lowest BCUT2D eigenvalue weighted by Crippen LogP contribution is -2.47. The number of allylic oxidation sites excluding steroid dienone is 2. The zero-order valence-corrected chi connectivity index (χ0v) is 11.3. The minimum Gasteiger partial charge on any atom is -0.479 e. The zero-order chi connectivity index (χ0) is 13.6. The molecule has 0 aliphatic heterocycles. The molecule has 0 bridgehead atoms. The first-order valence-corrected chi connectivity index (χ1v) is 5.98. The Morgan fingerprint density at radius 3 is 2.47 bits per heavy atom. The maximum atomic E-state index is 10.7. The van der Waals surface area contributed by atoms with Crippen molar-refractivity contribution >= 4 is 29.2 Å². The Bertz CT molecular complexity index is 340. The average Bonchev–Trinajstić information content (AvgIpc) is 2.31. The van der Waals surface area contributed by atoms with Crippen LogP contribution in [0.3, 0.4) is 0 Å². The molecule has 2 unspecified atom stereocenters. The summed E-state index contributed by atoms with van der Waals surface area (Å²) in [5, 5.41) is 17.7. The van der Waals surface area contributed by atoms with E-state index in [-0.39, 0.29) is 0 Å². The summed E-state index contributed by atoms with van der Waals surface area (Å²) in [6.45, 7) is 4.46. The molecule has 98 valence electrons. The van der Waals surface area contributed by atoms with E-state index in [0.717, 1.165) is 19.0 Å². The molecule has 0 heterocycles. The number of halogens is 2. The van der Waals surface area contributed by atoms with Crippen molar-refractivity contribution in [2.45, 2.75) is 31.2 Å². The first-order chi connectivity index (χ1) is 7.81. The number of alkyl halides is 1. The van der Waals surface area contributed by atoms with Gasteiger partial charge in [-0.2, -0.15) is 0 Å². The topological polar surface area (TPSA) is 83.5 Å². The third-order valence-electron chi connectivity index (χ3n) is 2.26. The van der Waals surface area contributed by atoms with Crippen LogP contribution in [0.2, 0.25) is 0 Å². The minimum absolute atomic E-state index is 0.367. The Balaban J connectivity index is 0.000000557. The van der Waals surface area contributed by atoms with Crippen LogP contribution in [0.5, 0.6) is 0 Å². The highest BCUT2D eigenvalue weighted by Crippen LogP contribution is 2.33. The van der Waals surface area contributed by atoms with Crippen LogP contribution in [0.1, 0.15) is 20.3 Å². The van der Waals surface area contributed by atoms with Crippen molar-refractivity contribution in [1.82, 2.24) is 0 Å². The highest BCUT2D eigenvalue weighted by atomic mass is 35.5. The number of rotatable bonds is 2. The largest absolute Gasteiger partial charge is 0.479 e. The molecule has 0 fully saturated rings. The molecule has 0 aromatic carbocycles. The fourth-order valence-corrected chi connectivity index (χ4v) is 1.56. The van der Waals surface area contributed by atoms with Gasteiger partial charge in [0.25, 0.3) is 0 Å². The summed E-state index contributed by atoms with van der Waals surface area (Å²) in [5.74, 6) is -1.38. The predicted molar refractivity (Wildman–Crippen MR) is 69.3 cm³/mol. The fraction of sp³-hybridized carbons (Fsp3) is 0.545. The summed E-state index contributed by atoms with van der Waals surface area (Å²) >= 11 is 11.4. The highest BCUT2D eigenvalue weighted by molar-refractivity contribution is 6.34. The van der Waals surface area contributed by atoms with E-state index in [0.29, 0.717) is 10.6 Å². The Kier molecular flexibility index (Phi) is 6.78. The normalized spacial score (nSPS) is 27.5. The molecule has 2 atom stereocenters. The number of hydrogen-bond donors (Lipinski definition) is 3. The van der Waals surface area contributed by atoms with E-state index in [1.807, 2.05) is 0 Å². The third-order valence-corrected chi connectivity index (χ3v) is 3.34. The average molecular weight is 282 g/mol. The minimum atomic E-state index is -2.05. The molecular formula is C11H17Cl2NO3. The van der Waals surface area contributed by atoms with E-state index in [9.17, 15) is 9.90 Å². The van der Waals surface area contributed by atoms with Gasteiger partial charge < -0.3 is 15.9 Å². The van der Waals surface area contributed by atoms with Gasteiger partial charge in [0.2, 0.25) is 5.60 Å². The molecule has 0 saturated heterocycles. The molecule has 0 aromatic heterocycles. The smallest absolute Gasteiger partial charge is 0.341 e. The van der Waals surface area contributed by atoms with Crippen LogP contribution < -0.4 is 5.73 Å². The molecule has 0 saturated carbocycles.